The molecule has 1 aromatic heterocycles. The SMILES string of the molecule is Cn1c(-c2ccccc2F)nc2c(N)cccc21. The van der Waals surface area contributed by atoms with Gasteiger partial charge in [-0.25, -0.2) is 9.37 Å². The number of anilines is 1. The molecule has 4 heteroatoms. The lowest BCUT2D eigenvalue weighted by Gasteiger charge is -2.03. The van der Waals surface area contributed by atoms with Gasteiger partial charge < -0.3 is 10.3 Å². The van der Waals surface area contributed by atoms with Crippen LogP contribution in [0.2, 0.25) is 0 Å². The number of nitrogen functional groups attached to an aromatic ring is 1. The Balaban J connectivity index is 2.35. The second-order valence-corrected chi connectivity index (χ2v) is 4.19. The Kier molecular flexibility index (Phi) is 2.30. The van der Waals surface area contributed by atoms with Gasteiger partial charge in [0.25, 0.3) is 0 Å². The Morgan fingerprint density at radius 2 is 1.89 bits per heavy atom. The van der Waals surface area contributed by atoms with Crippen LogP contribution in [0.5, 0.6) is 0 Å². The van der Waals surface area contributed by atoms with Crippen LogP contribution in [-0.4, -0.2) is 9.55 Å². The fraction of sp³-hybridized carbons (Fsp3) is 0.0714. The third-order valence-electron chi connectivity index (χ3n) is 3.06. The van der Waals surface area contributed by atoms with Crippen LogP contribution in [0.15, 0.2) is 42.5 Å². The van der Waals surface area contributed by atoms with E-state index in [1.807, 2.05) is 23.7 Å². The molecule has 0 saturated heterocycles. The van der Waals surface area contributed by atoms with Crippen LogP contribution < -0.4 is 5.73 Å². The van der Waals surface area contributed by atoms with Crippen LogP contribution in [0.1, 0.15) is 0 Å². The maximum atomic E-state index is 13.8. The maximum absolute atomic E-state index is 13.8. The zero-order valence-electron chi connectivity index (χ0n) is 9.89. The fourth-order valence-electron chi connectivity index (χ4n) is 2.12. The fourth-order valence-corrected chi connectivity index (χ4v) is 2.12. The summed E-state index contributed by atoms with van der Waals surface area (Å²) in [5.74, 6) is 0.301. The van der Waals surface area contributed by atoms with E-state index >= 15 is 0 Å². The summed E-state index contributed by atoms with van der Waals surface area (Å²) < 4.78 is 15.7. The summed E-state index contributed by atoms with van der Waals surface area (Å²) in [5.41, 5.74) is 8.57. The minimum Gasteiger partial charge on any atom is -0.397 e. The summed E-state index contributed by atoms with van der Waals surface area (Å²) in [6.45, 7) is 0. The van der Waals surface area contributed by atoms with Crippen molar-refractivity contribution in [2.45, 2.75) is 0 Å². The predicted molar refractivity (Wildman–Crippen MR) is 70.5 cm³/mol. The second-order valence-electron chi connectivity index (χ2n) is 4.19. The summed E-state index contributed by atoms with van der Waals surface area (Å²) in [5, 5.41) is 0. The monoisotopic (exact) mass is 241 g/mol. The minimum absolute atomic E-state index is 0.283. The molecule has 0 spiro atoms. The third kappa shape index (κ3) is 1.46. The van der Waals surface area contributed by atoms with Crippen molar-refractivity contribution in [2.75, 3.05) is 5.73 Å². The van der Waals surface area contributed by atoms with Gasteiger partial charge in [0.1, 0.15) is 17.2 Å². The topological polar surface area (TPSA) is 43.8 Å². The number of hydrogen-bond donors (Lipinski definition) is 1. The first kappa shape index (κ1) is 10.8. The standard InChI is InChI=1S/C14H12FN3/c1-18-12-8-4-7-11(16)13(12)17-14(18)9-5-2-3-6-10(9)15/h2-8H,16H2,1H3. The number of hydrogen-bond acceptors (Lipinski definition) is 2. The van der Waals surface area contributed by atoms with Crippen LogP contribution in [-0.2, 0) is 7.05 Å². The van der Waals surface area contributed by atoms with Gasteiger partial charge >= 0.3 is 0 Å². The highest BCUT2D eigenvalue weighted by Crippen LogP contribution is 2.28. The van der Waals surface area contributed by atoms with Crippen molar-refractivity contribution in [3.8, 4) is 11.4 Å². The number of imidazole rings is 1. The quantitative estimate of drug-likeness (QED) is 0.666. The number of nitrogens with two attached hydrogens (primary N) is 1. The second kappa shape index (κ2) is 3.84. The molecule has 0 amide bonds. The highest BCUT2D eigenvalue weighted by atomic mass is 19.1. The Bertz CT molecular complexity index is 731. The van der Waals surface area contributed by atoms with Gasteiger partial charge in [-0.1, -0.05) is 18.2 Å². The first-order valence-electron chi connectivity index (χ1n) is 5.64. The molecule has 3 aromatic rings. The van der Waals surface area contributed by atoms with Gasteiger partial charge in [-0.15, -0.1) is 0 Å². The molecule has 0 aliphatic carbocycles. The van der Waals surface area contributed by atoms with E-state index in [4.69, 9.17) is 5.73 Å². The molecule has 2 N–H and O–H groups in total. The lowest BCUT2D eigenvalue weighted by atomic mass is 10.2. The first-order chi connectivity index (χ1) is 8.68. The van der Waals surface area contributed by atoms with E-state index in [9.17, 15) is 4.39 Å². The van der Waals surface area contributed by atoms with Gasteiger partial charge in [0, 0.05) is 7.05 Å². The predicted octanol–water partition coefficient (Wildman–Crippen LogP) is 2.96. The van der Waals surface area contributed by atoms with E-state index < -0.39 is 0 Å². The average Bonchev–Trinajstić information content (AvgIpc) is 2.70. The number of para-hydroxylation sites is 1. The number of rotatable bonds is 1. The van der Waals surface area contributed by atoms with Crippen molar-refractivity contribution < 1.29 is 4.39 Å². The molecule has 3 nitrogen and oxygen atoms in total. The molecule has 0 bridgehead atoms. The van der Waals surface area contributed by atoms with E-state index in [0.717, 1.165) is 5.52 Å². The zero-order valence-corrected chi connectivity index (χ0v) is 9.89. The average molecular weight is 241 g/mol. The Hall–Kier alpha value is -2.36. The minimum atomic E-state index is -0.283. The van der Waals surface area contributed by atoms with Crippen LogP contribution in [0, 0.1) is 5.82 Å². The smallest absolute Gasteiger partial charge is 0.143 e. The Morgan fingerprint density at radius 1 is 1.11 bits per heavy atom. The van der Waals surface area contributed by atoms with Gasteiger partial charge in [0.2, 0.25) is 0 Å². The van der Waals surface area contributed by atoms with Gasteiger partial charge in [0.15, 0.2) is 0 Å². The molecule has 0 radical (unpaired) electrons. The number of nitrogens with zero attached hydrogens (tertiary/aromatic N) is 2. The van der Waals surface area contributed by atoms with E-state index in [-0.39, 0.29) is 5.82 Å². The summed E-state index contributed by atoms with van der Waals surface area (Å²) in [7, 11) is 1.86. The highest BCUT2D eigenvalue weighted by Gasteiger charge is 2.14. The van der Waals surface area contributed by atoms with E-state index in [2.05, 4.69) is 4.98 Å². The molecule has 1 heterocycles. The van der Waals surface area contributed by atoms with Gasteiger partial charge in [-0.2, -0.15) is 0 Å². The highest BCUT2D eigenvalue weighted by molar-refractivity contribution is 5.90. The zero-order chi connectivity index (χ0) is 12.7. The van der Waals surface area contributed by atoms with Crippen molar-refractivity contribution in [1.29, 1.82) is 0 Å². The van der Waals surface area contributed by atoms with Crippen molar-refractivity contribution in [1.82, 2.24) is 9.55 Å². The largest absolute Gasteiger partial charge is 0.397 e. The molecule has 18 heavy (non-hydrogen) atoms. The van der Waals surface area contributed by atoms with Crippen molar-refractivity contribution in [3.05, 3.63) is 48.3 Å². The van der Waals surface area contributed by atoms with Crippen LogP contribution in [0.3, 0.4) is 0 Å². The normalized spacial score (nSPS) is 11.0. The third-order valence-corrected chi connectivity index (χ3v) is 3.06. The molecule has 0 atom stereocenters. The Morgan fingerprint density at radius 3 is 2.61 bits per heavy atom. The molecule has 0 fully saturated rings. The van der Waals surface area contributed by atoms with Gasteiger partial charge in [-0.3, -0.25) is 0 Å². The van der Waals surface area contributed by atoms with Gasteiger partial charge in [0.05, 0.1) is 16.8 Å². The number of benzene rings is 2. The summed E-state index contributed by atoms with van der Waals surface area (Å²) in [4.78, 5) is 4.44. The van der Waals surface area contributed by atoms with Crippen molar-refractivity contribution >= 4 is 16.7 Å². The summed E-state index contributed by atoms with van der Waals surface area (Å²) in [6.07, 6.45) is 0. The number of halogens is 1. The molecule has 0 saturated carbocycles. The molecule has 2 aromatic carbocycles. The van der Waals surface area contributed by atoms with Crippen LogP contribution in [0.4, 0.5) is 10.1 Å². The molecule has 90 valence electrons. The molecular weight excluding hydrogens is 229 g/mol. The first-order valence-corrected chi connectivity index (χ1v) is 5.64. The molecule has 0 aliphatic rings. The maximum Gasteiger partial charge on any atom is 0.143 e. The number of fused-ring (bicyclic) bond motifs is 1. The van der Waals surface area contributed by atoms with Gasteiger partial charge in [-0.05, 0) is 24.3 Å². The van der Waals surface area contributed by atoms with Crippen molar-refractivity contribution in [2.24, 2.45) is 7.05 Å². The summed E-state index contributed by atoms with van der Waals surface area (Å²) >= 11 is 0. The molecular formula is C14H12FN3. The van der Waals surface area contributed by atoms with Crippen LogP contribution >= 0.6 is 0 Å². The van der Waals surface area contributed by atoms with E-state index in [1.165, 1.54) is 6.07 Å². The van der Waals surface area contributed by atoms with E-state index in [1.54, 1.807) is 24.3 Å². The number of aromatic nitrogens is 2. The molecule has 0 unspecified atom stereocenters. The number of aryl methyl sites for hydroxylation is 1. The van der Waals surface area contributed by atoms with E-state index in [0.29, 0.717) is 22.6 Å². The Labute approximate surface area is 104 Å². The lowest BCUT2D eigenvalue weighted by Crippen LogP contribution is -1.94. The molecule has 3 rings (SSSR count). The van der Waals surface area contributed by atoms with Crippen LogP contribution in [0.25, 0.3) is 22.4 Å². The summed E-state index contributed by atoms with van der Waals surface area (Å²) in [6, 6.07) is 12.2. The van der Waals surface area contributed by atoms with Crippen molar-refractivity contribution in [3.63, 3.8) is 0 Å². The molecule has 0 aliphatic heterocycles. The lowest BCUT2D eigenvalue weighted by molar-refractivity contribution is 0.629.